The minimum Gasteiger partial charge on any atom is -0.343 e. The van der Waals surface area contributed by atoms with Gasteiger partial charge in [0, 0.05) is 28.3 Å². The molecule has 0 atom stereocenters. The maximum atomic E-state index is 13.9. The van der Waals surface area contributed by atoms with Crippen molar-refractivity contribution in [3.05, 3.63) is 70.1 Å². The van der Waals surface area contributed by atoms with E-state index in [0.29, 0.717) is 18.7 Å². The first-order valence-electron chi connectivity index (χ1n) is 6.39. The van der Waals surface area contributed by atoms with Crippen LogP contribution < -0.4 is 5.73 Å². The molecule has 0 aliphatic rings. The fourth-order valence-electron chi connectivity index (χ4n) is 2.33. The van der Waals surface area contributed by atoms with Crippen molar-refractivity contribution in [3.63, 3.8) is 0 Å². The summed E-state index contributed by atoms with van der Waals surface area (Å²) >= 11 is 3.27. The molecule has 4 heteroatoms. The fraction of sp³-hybridized carbons (Fsp3) is 0.125. The highest BCUT2D eigenvalue weighted by Crippen LogP contribution is 2.21. The summed E-state index contributed by atoms with van der Waals surface area (Å²) in [4.78, 5) is 0. The second kappa shape index (κ2) is 5.38. The largest absolute Gasteiger partial charge is 0.343 e. The molecule has 3 aromatic rings. The first-order chi connectivity index (χ1) is 9.67. The summed E-state index contributed by atoms with van der Waals surface area (Å²) in [6, 6.07) is 13.3. The molecule has 20 heavy (non-hydrogen) atoms. The smallest absolute Gasteiger partial charge is 0.129 e. The van der Waals surface area contributed by atoms with Crippen molar-refractivity contribution in [3.8, 4) is 0 Å². The van der Waals surface area contributed by atoms with Crippen molar-refractivity contribution in [2.75, 3.05) is 0 Å². The highest BCUT2D eigenvalue weighted by atomic mass is 79.9. The van der Waals surface area contributed by atoms with E-state index >= 15 is 0 Å². The Morgan fingerprint density at radius 3 is 2.70 bits per heavy atom. The van der Waals surface area contributed by atoms with Crippen LogP contribution in [0, 0.1) is 5.82 Å². The molecule has 2 nitrogen and oxygen atoms in total. The molecule has 2 N–H and O–H groups in total. The van der Waals surface area contributed by atoms with E-state index in [0.717, 1.165) is 20.9 Å². The van der Waals surface area contributed by atoms with Crippen molar-refractivity contribution in [2.24, 2.45) is 5.73 Å². The van der Waals surface area contributed by atoms with Crippen LogP contribution in [0.15, 0.2) is 53.1 Å². The number of hydrogen-bond donors (Lipinski definition) is 1. The molecule has 2 aromatic carbocycles. The van der Waals surface area contributed by atoms with Crippen molar-refractivity contribution in [2.45, 2.75) is 13.1 Å². The topological polar surface area (TPSA) is 30.9 Å². The second-order valence-corrected chi connectivity index (χ2v) is 5.69. The number of nitrogens with zero attached hydrogens (tertiary/aromatic N) is 1. The van der Waals surface area contributed by atoms with E-state index in [1.54, 1.807) is 6.07 Å². The Balaban J connectivity index is 2.01. The molecule has 0 spiro atoms. The zero-order valence-corrected chi connectivity index (χ0v) is 12.4. The number of benzene rings is 2. The lowest BCUT2D eigenvalue weighted by molar-refractivity contribution is 0.601. The van der Waals surface area contributed by atoms with E-state index in [1.165, 1.54) is 6.07 Å². The highest BCUT2D eigenvalue weighted by Gasteiger charge is 2.07. The van der Waals surface area contributed by atoms with Crippen LogP contribution in [0.4, 0.5) is 4.39 Å². The van der Waals surface area contributed by atoms with Gasteiger partial charge < -0.3 is 10.3 Å². The summed E-state index contributed by atoms with van der Waals surface area (Å²) < 4.78 is 16.7. The highest BCUT2D eigenvalue weighted by molar-refractivity contribution is 9.10. The third kappa shape index (κ3) is 2.49. The molecular weight excluding hydrogens is 319 g/mol. The summed E-state index contributed by atoms with van der Waals surface area (Å²) in [5.41, 5.74) is 8.51. The quantitative estimate of drug-likeness (QED) is 0.770. The van der Waals surface area contributed by atoms with Crippen molar-refractivity contribution in [1.82, 2.24) is 4.57 Å². The third-order valence-electron chi connectivity index (χ3n) is 3.43. The molecule has 0 unspecified atom stereocenters. The van der Waals surface area contributed by atoms with E-state index in [1.807, 2.05) is 35.0 Å². The number of halogens is 2. The van der Waals surface area contributed by atoms with Gasteiger partial charge in [0.25, 0.3) is 0 Å². The molecule has 0 saturated carbocycles. The number of nitrogens with two attached hydrogens (primary N) is 1. The number of hydrogen-bond acceptors (Lipinski definition) is 1. The third-order valence-corrected chi connectivity index (χ3v) is 3.92. The molecule has 0 radical (unpaired) electrons. The average molecular weight is 333 g/mol. The summed E-state index contributed by atoms with van der Waals surface area (Å²) in [5.74, 6) is -0.198. The van der Waals surface area contributed by atoms with Gasteiger partial charge in [-0.1, -0.05) is 34.1 Å². The molecular formula is C16H14BrFN2. The van der Waals surface area contributed by atoms with Gasteiger partial charge in [-0.3, -0.25) is 0 Å². The first kappa shape index (κ1) is 13.3. The number of fused-ring (bicyclic) bond motifs is 1. The number of aromatic nitrogens is 1. The van der Waals surface area contributed by atoms with Crippen LogP contribution in [-0.4, -0.2) is 4.57 Å². The Hall–Kier alpha value is -1.65. The lowest BCUT2D eigenvalue weighted by atomic mass is 10.1. The van der Waals surface area contributed by atoms with Gasteiger partial charge in [0.1, 0.15) is 5.82 Å². The normalized spacial score (nSPS) is 11.2. The van der Waals surface area contributed by atoms with Gasteiger partial charge in [0.2, 0.25) is 0 Å². The summed E-state index contributed by atoms with van der Waals surface area (Å²) in [6.45, 7) is 1.02. The fourth-order valence-corrected chi connectivity index (χ4v) is 2.66. The molecule has 1 heterocycles. The summed E-state index contributed by atoms with van der Waals surface area (Å²) in [5, 5.41) is 1.14. The van der Waals surface area contributed by atoms with Crippen LogP contribution in [0.3, 0.4) is 0 Å². The van der Waals surface area contributed by atoms with Crippen LogP contribution in [0.1, 0.15) is 11.1 Å². The molecule has 0 aliphatic heterocycles. The van der Waals surface area contributed by atoms with Crippen molar-refractivity contribution < 1.29 is 4.39 Å². The second-order valence-electron chi connectivity index (χ2n) is 4.78. The predicted molar refractivity (Wildman–Crippen MR) is 83.0 cm³/mol. The molecule has 0 amide bonds. The Bertz CT molecular complexity index is 764. The average Bonchev–Trinajstić information content (AvgIpc) is 2.84. The van der Waals surface area contributed by atoms with Gasteiger partial charge in [0.05, 0.1) is 6.54 Å². The maximum absolute atomic E-state index is 13.9. The van der Waals surface area contributed by atoms with Gasteiger partial charge in [-0.05, 0) is 35.2 Å². The Morgan fingerprint density at radius 1 is 1.10 bits per heavy atom. The van der Waals surface area contributed by atoms with Crippen molar-refractivity contribution in [1.29, 1.82) is 0 Å². The van der Waals surface area contributed by atoms with Gasteiger partial charge in [0.15, 0.2) is 0 Å². The van der Waals surface area contributed by atoms with E-state index in [4.69, 9.17) is 5.73 Å². The van der Waals surface area contributed by atoms with Crippen LogP contribution in [0.2, 0.25) is 0 Å². The van der Waals surface area contributed by atoms with E-state index < -0.39 is 0 Å². The van der Waals surface area contributed by atoms with Gasteiger partial charge >= 0.3 is 0 Å². The molecule has 3 rings (SSSR count). The lowest BCUT2D eigenvalue weighted by Gasteiger charge is -2.08. The zero-order valence-electron chi connectivity index (χ0n) is 10.8. The van der Waals surface area contributed by atoms with Gasteiger partial charge in [-0.2, -0.15) is 0 Å². The van der Waals surface area contributed by atoms with Gasteiger partial charge in [-0.25, -0.2) is 4.39 Å². The molecule has 1 aromatic heterocycles. The van der Waals surface area contributed by atoms with Gasteiger partial charge in [-0.15, -0.1) is 0 Å². The van der Waals surface area contributed by atoms with Crippen LogP contribution in [0.5, 0.6) is 0 Å². The molecule has 0 saturated heterocycles. The van der Waals surface area contributed by atoms with Crippen molar-refractivity contribution >= 4 is 26.8 Å². The monoisotopic (exact) mass is 332 g/mol. The first-order valence-corrected chi connectivity index (χ1v) is 7.18. The molecule has 0 bridgehead atoms. The molecule has 0 fully saturated rings. The minimum atomic E-state index is -0.198. The Labute approximate surface area is 125 Å². The van der Waals surface area contributed by atoms with Crippen LogP contribution in [0.25, 0.3) is 10.9 Å². The summed E-state index contributed by atoms with van der Waals surface area (Å²) in [7, 11) is 0. The van der Waals surface area contributed by atoms with Crippen LogP contribution >= 0.6 is 15.9 Å². The predicted octanol–water partition coefficient (Wildman–Crippen LogP) is 4.05. The number of rotatable bonds is 3. The Morgan fingerprint density at radius 2 is 1.95 bits per heavy atom. The Kier molecular flexibility index (Phi) is 3.59. The van der Waals surface area contributed by atoms with Crippen LogP contribution in [-0.2, 0) is 13.1 Å². The zero-order chi connectivity index (χ0) is 14.1. The molecule has 0 aliphatic carbocycles. The minimum absolute atomic E-state index is 0.198. The standard InChI is InChI=1S/C16H14BrFN2/c17-14-4-3-13(15(18)8-14)10-20-6-5-12-2-1-11(9-19)7-16(12)20/h1-8H,9-10,19H2. The lowest BCUT2D eigenvalue weighted by Crippen LogP contribution is -2.01. The maximum Gasteiger partial charge on any atom is 0.129 e. The van der Waals surface area contributed by atoms with E-state index in [2.05, 4.69) is 22.0 Å². The van der Waals surface area contributed by atoms with E-state index in [9.17, 15) is 4.39 Å². The SMILES string of the molecule is NCc1ccc2ccn(Cc3ccc(Br)cc3F)c2c1. The summed E-state index contributed by atoms with van der Waals surface area (Å²) in [6.07, 6.45) is 1.98. The van der Waals surface area contributed by atoms with E-state index in [-0.39, 0.29) is 5.82 Å². The molecule has 102 valence electrons.